The lowest BCUT2D eigenvalue weighted by molar-refractivity contribution is 0.444. The van der Waals surface area contributed by atoms with Crippen molar-refractivity contribution in [1.29, 1.82) is 5.26 Å². The van der Waals surface area contributed by atoms with Crippen LogP contribution in [0.1, 0.15) is 31.4 Å². The van der Waals surface area contributed by atoms with E-state index >= 15 is 0 Å². The van der Waals surface area contributed by atoms with Crippen LogP contribution in [0.25, 0.3) is 0 Å². The molecule has 1 rings (SSSR count). The number of nitrogens with one attached hydrogen (secondary N) is 1. The molecule has 0 aliphatic rings. The van der Waals surface area contributed by atoms with Gasteiger partial charge in [-0.05, 0) is 12.5 Å². The summed E-state index contributed by atoms with van der Waals surface area (Å²) in [5.41, 5.74) is 1.93. The van der Waals surface area contributed by atoms with Crippen LogP contribution < -0.4 is 4.72 Å². The number of aryl methyl sites for hydroxylation is 1. The van der Waals surface area contributed by atoms with Gasteiger partial charge in [-0.25, -0.2) is 4.72 Å². The van der Waals surface area contributed by atoms with Crippen molar-refractivity contribution in [2.45, 2.75) is 32.6 Å². The van der Waals surface area contributed by atoms with Gasteiger partial charge in [0.1, 0.15) is 0 Å². The van der Waals surface area contributed by atoms with E-state index in [0.717, 1.165) is 11.1 Å². The summed E-state index contributed by atoms with van der Waals surface area (Å²) in [7, 11) is -2.08. The van der Waals surface area contributed by atoms with Gasteiger partial charge in [-0.1, -0.05) is 43.7 Å². The lowest BCUT2D eigenvalue weighted by Crippen LogP contribution is -2.44. The van der Waals surface area contributed by atoms with Crippen molar-refractivity contribution in [2.24, 2.45) is 0 Å². The highest BCUT2D eigenvalue weighted by Gasteiger charge is 2.25. The van der Waals surface area contributed by atoms with Crippen LogP contribution in [0.15, 0.2) is 24.3 Å². The summed E-state index contributed by atoms with van der Waals surface area (Å²) in [5, 5.41) is 8.52. The largest absolute Gasteiger partial charge is 0.279 e. The number of hydrogen-bond acceptors (Lipinski definition) is 3. The number of rotatable bonds is 7. The maximum atomic E-state index is 12.1. The molecule has 1 aromatic rings. The molecule has 1 aromatic carbocycles. The smallest absolute Gasteiger partial charge is 0.201 e. The van der Waals surface area contributed by atoms with Gasteiger partial charge in [-0.3, -0.25) is 0 Å². The molecule has 0 fully saturated rings. The second-order valence-corrected chi connectivity index (χ2v) is 7.67. The van der Waals surface area contributed by atoms with Gasteiger partial charge in [0.2, 0.25) is 0 Å². The van der Waals surface area contributed by atoms with Crippen molar-refractivity contribution in [2.75, 3.05) is 20.1 Å². The highest BCUT2D eigenvalue weighted by molar-refractivity contribution is 7.87. The topological polar surface area (TPSA) is 73.2 Å². The molecule has 21 heavy (non-hydrogen) atoms. The monoisotopic (exact) mass is 309 g/mol. The molecule has 0 amide bonds. The first kappa shape index (κ1) is 17.6. The van der Waals surface area contributed by atoms with E-state index in [4.69, 9.17) is 5.26 Å². The first-order chi connectivity index (χ1) is 9.69. The van der Waals surface area contributed by atoms with Crippen LogP contribution in [0, 0.1) is 18.3 Å². The minimum absolute atomic E-state index is 0.179. The lowest BCUT2D eigenvalue weighted by atomic mass is 9.84. The minimum atomic E-state index is -3.55. The average molecular weight is 309 g/mol. The van der Waals surface area contributed by atoms with E-state index in [1.165, 1.54) is 11.4 Å². The molecule has 0 saturated carbocycles. The zero-order chi connectivity index (χ0) is 16.1. The SMILES string of the molecule is Cc1cccc(C(C)(C)CNS(=O)(=O)N(C)CCC#N)c1. The van der Waals surface area contributed by atoms with E-state index in [2.05, 4.69) is 10.8 Å². The molecular formula is C15H23N3O2S. The molecule has 6 heteroatoms. The van der Waals surface area contributed by atoms with Gasteiger partial charge in [-0.15, -0.1) is 0 Å². The van der Waals surface area contributed by atoms with Crippen molar-refractivity contribution in [3.63, 3.8) is 0 Å². The third-order valence-corrected chi connectivity index (χ3v) is 4.96. The van der Waals surface area contributed by atoms with Crippen LogP contribution in [0.5, 0.6) is 0 Å². The molecule has 0 atom stereocenters. The fraction of sp³-hybridized carbons (Fsp3) is 0.533. The van der Waals surface area contributed by atoms with E-state index in [1.807, 2.05) is 45.0 Å². The molecular weight excluding hydrogens is 286 g/mol. The third-order valence-electron chi connectivity index (χ3n) is 3.44. The quantitative estimate of drug-likeness (QED) is 0.836. The zero-order valence-corrected chi connectivity index (χ0v) is 13.9. The summed E-state index contributed by atoms with van der Waals surface area (Å²) in [6, 6.07) is 9.99. The standard InChI is InChI=1S/C15H23N3O2S/c1-13-7-5-8-14(11-13)15(2,3)12-17-21(19,20)18(4)10-6-9-16/h5,7-8,11,17H,6,10,12H2,1-4H3. The van der Waals surface area contributed by atoms with Gasteiger partial charge in [0.05, 0.1) is 6.07 Å². The second-order valence-electron chi connectivity index (χ2n) is 5.81. The minimum Gasteiger partial charge on any atom is -0.201 e. The number of nitriles is 1. The van der Waals surface area contributed by atoms with Crippen molar-refractivity contribution in [1.82, 2.24) is 9.03 Å². The van der Waals surface area contributed by atoms with Crippen LogP contribution in [-0.4, -0.2) is 32.9 Å². The summed E-state index contributed by atoms with van der Waals surface area (Å²) in [4.78, 5) is 0. The Balaban J connectivity index is 2.75. The maximum absolute atomic E-state index is 12.1. The van der Waals surface area contributed by atoms with Crippen molar-refractivity contribution < 1.29 is 8.42 Å². The molecule has 116 valence electrons. The second kappa shape index (κ2) is 7.03. The summed E-state index contributed by atoms with van der Waals surface area (Å²) in [6.07, 6.45) is 0.179. The van der Waals surface area contributed by atoms with Crippen molar-refractivity contribution in [3.8, 4) is 6.07 Å². The van der Waals surface area contributed by atoms with Gasteiger partial charge < -0.3 is 0 Å². The molecule has 0 saturated heterocycles. The van der Waals surface area contributed by atoms with E-state index < -0.39 is 10.2 Å². The molecule has 1 N–H and O–H groups in total. The molecule has 0 unspecified atom stereocenters. The molecule has 5 nitrogen and oxygen atoms in total. The van der Waals surface area contributed by atoms with Crippen LogP contribution >= 0.6 is 0 Å². The summed E-state index contributed by atoms with van der Waals surface area (Å²) < 4.78 is 28.0. The highest BCUT2D eigenvalue weighted by atomic mass is 32.2. The lowest BCUT2D eigenvalue weighted by Gasteiger charge is -2.27. The van der Waals surface area contributed by atoms with Crippen LogP contribution in [0.4, 0.5) is 0 Å². The van der Waals surface area contributed by atoms with Gasteiger partial charge in [0.15, 0.2) is 0 Å². The fourth-order valence-corrected chi connectivity index (χ4v) is 2.97. The van der Waals surface area contributed by atoms with Gasteiger partial charge >= 0.3 is 0 Å². The van der Waals surface area contributed by atoms with Gasteiger partial charge in [0, 0.05) is 32.0 Å². The Morgan fingerprint density at radius 2 is 2.05 bits per heavy atom. The Morgan fingerprint density at radius 3 is 2.62 bits per heavy atom. The van der Waals surface area contributed by atoms with E-state index in [0.29, 0.717) is 6.54 Å². The molecule has 0 aliphatic carbocycles. The first-order valence-electron chi connectivity index (χ1n) is 6.84. The van der Waals surface area contributed by atoms with E-state index in [9.17, 15) is 8.42 Å². The Bertz CT molecular complexity index is 618. The molecule has 0 spiro atoms. The molecule has 0 aliphatic heterocycles. The third kappa shape index (κ3) is 5.12. The normalized spacial score (nSPS) is 12.4. The van der Waals surface area contributed by atoms with Gasteiger partial charge in [-0.2, -0.15) is 18.0 Å². The molecule has 0 radical (unpaired) electrons. The van der Waals surface area contributed by atoms with Crippen LogP contribution in [-0.2, 0) is 15.6 Å². The molecule has 0 aromatic heterocycles. The van der Waals surface area contributed by atoms with Gasteiger partial charge in [0.25, 0.3) is 10.2 Å². The van der Waals surface area contributed by atoms with E-state index in [-0.39, 0.29) is 18.4 Å². The zero-order valence-electron chi connectivity index (χ0n) is 13.0. The predicted molar refractivity (Wildman–Crippen MR) is 84.0 cm³/mol. The first-order valence-corrected chi connectivity index (χ1v) is 8.28. The highest BCUT2D eigenvalue weighted by Crippen LogP contribution is 2.23. The van der Waals surface area contributed by atoms with Crippen LogP contribution in [0.2, 0.25) is 0 Å². The molecule has 0 heterocycles. The summed E-state index contributed by atoms with van der Waals surface area (Å²) in [6.45, 7) is 6.50. The molecule has 0 bridgehead atoms. The van der Waals surface area contributed by atoms with E-state index in [1.54, 1.807) is 0 Å². The summed E-state index contributed by atoms with van der Waals surface area (Å²) in [5.74, 6) is 0. The summed E-state index contributed by atoms with van der Waals surface area (Å²) >= 11 is 0. The maximum Gasteiger partial charge on any atom is 0.279 e. The van der Waals surface area contributed by atoms with Crippen LogP contribution in [0.3, 0.4) is 0 Å². The Hall–Kier alpha value is -1.42. The predicted octanol–water partition coefficient (Wildman–Crippen LogP) is 1.95. The Labute approximate surface area is 127 Å². The fourth-order valence-electron chi connectivity index (χ4n) is 1.88. The van der Waals surface area contributed by atoms with Crippen molar-refractivity contribution in [3.05, 3.63) is 35.4 Å². The number of nitrogens with zero attached hydrogens (tertiary/aromatic N) is 2. The number of hydrogen-bond donors (Lipinski definition) is 1. The average Bonchev–Trinajstić information content (AvgIpc) is 2.43. The number of benzene rings is 1. The van der Waals surface area contributed by atoms with Crippen molar-refractivity contribution >= 4 is 10.2 Å². The Kier molecular flexibility index (Phi) is 5.90. The Morgan fingerprint density at radius 1 is 1.38 bits per heavy atom.